The van der Waals surface area contributed by atoms with Gasteiger partial charge in [0, 0.05) is 23.5 Å². The van der Waals surface area contributed by atoms with Crippen LogP contribution in [-0.4, -0.2) is 44.7 Å². The number of hydrogen-bond acceptors (Lipinski definition) is 6. The van der Waals surface area contributed by atoms with Crippen molar-refractivity contribution in [3.8, 4) is 0 Å². The van der Waals surface area contributed by atoms with E-state index < -0.39 is 0 Å². The number of halogens is 1. The van der Waals surface area contributed by atoms with Crippen molar-refractivity contribution in [3.63, 3.8) is 0 Å². The number of rotatable bonds is 3. The van der Waals surface area contributed by atoms with E-state index in [2.05, 4.69) is 36.4 Å². The molecule has 1 atom stereocenters. The summed E-state index contributed by atoms with van der Waals surface area (Å²) < 4.78 is 7.72. The van der Waals surface area contributed by atoms with Gasteiger partial charge in [0.25, 0.3) is 0 Å². The summed E-state index contributed by atoms with van der Waals surface area (Å²) in [4.78, 5) is 9.61. The molecule has 1 N–H and O–H groups in total. The molecule has 27 heavy (non-hydrogen) atoms. The maximum atomic E-state index is 6.33. The Morgan fingerprint density at radius 2 is 2.07 bits per heavy atom. The Labute approximate surface area is 163 Å². The van der Waals surface area contributed by atoms with E-state index >= 15 is 0 Å². The van der Waals surface area contributed by atoms with Crippen molar-refractivity contribution in [1.29, 1.82) is 0 Å². The first kappa shape index (κ1) is 18.3. The van der Waals surface area contributed by atoms with Gasteiger partial charge in [0.2, 0.25) is 0 Å². The van der Waals surface area contributed by atoms with Crippen molar-refractivity contribution in [2.45, 2.75) is 38.8 Å². The molecule has 0 radical (unpaired) electrons. The fraction of sp³-hybridized carbons (Fsp3) is 0.474. The molecule has 4 rings (SSSR count). The second kappa shape index (κ2) is 7.14. The molecule has 7 nitrogen and oxygen atoms in total. The Morgan fingerprint density at radius 1 is 1.26 bits per heavy atom. The molecule has 0 spiro atoms. The molecule has 0 amide bonds. The number of nitrogens with zero attached hydrogens (tertiary/aromatic N) is 5. The molecular weight excluding hydrogens is 364 g/mol. The van der Waals surface area contributed by atoms with Gasteiger partial charge >= 0.3 is 0 Å². The van der Waals surface area contributed by atoms with Crippen molar-refractivity contribution < 1.29 is 4.74 Å². The average Bonchev–Trinajstić information content (AvgIpc) is 3.06. The molecule has 1 aromatic carbocycles. The van der Waals surface area contributed by atoms with Crippen LogP contribution in [0.2, 0.25) is 5.02 Å². The second-order valence-electron chi connectivity index (χ2n) is 7.76. The first-order chi connectivity index (χ1) is 12.9. The fourth-order valence-electron chi connectivity index (χ4n) is 3.07. The summed E-state index contributed by atoms with van der Waals surface area (Å²) in [6.45, 7) is 8.98. The van der Waals surface area contributed by atoms with Crippen LogP contribution < -0.4 is 5.32 Å². The van der Waals surface area contributed by atoms with Crippen molar-refractivity contribution in [2.75, 3.05) is 19.7 Å². The monoisotopic (exact) mass is 386 g/mol. The lowest BCUT2D eigenvalue weighted by molar-refractivity contribution is 0.0256. The zero-order valence-corrected chi connectivity index (χ0v) is 16.5. The fourth-order valence-corrected chi connectivity index (χ4v) is 3.27. The maximum Gasteiger partial charge on any atom is 0.182 e. The van der Waals surface area contributed by atoms with Crippen LogP contribution >= 0.6 is 11.6 Å². The lowest BCUT2D eigenvalue weighted by Crippen LogP contribution is -2.34. The van der Waals surface area contributed by atoms with Gasteiger partial charge in [-0.15, -0.1) is 5.10 Å². The van der Waals surface area contributed by atoms with E-state index in [1.165, 1.54) is 0 Å². The van der Waals surface area contributed by atoms with Gasteiger partial charge in [-0.05, 0) is 11.6 Å². The Kier molecular flexibility index (Phi) is 4.84. The molecule has 3 heterocycles. The molecule has 8 heteroatoms. The minimum absolute atomic E-state index is 0.157. The number of aromatic nitrogens is 5. The Hall–Kier alpha value is -2.09. The zero-order chi connectivity index (χ0) is 19.0. The van der Waals surface area contributed by atoms with E-state index in [-0.39, 0.29) is 11.5 Å². The topological polar surface area (TPSA) is 77.8 Å². The molecule has 0 bridgehead atoms. The molecule has 0 aliphatic carbocycles. The highest BCUT2D eigenvalue weighted by Gasteiger charge is 2.27. The number of morpholine rings is 1. The molecule has 1 saturated heterocycles. The molecule has 3 aromatic rings. The highest BCUT2D eigenvalue weighted by Crippen LogP contribution is 2.28. The van der Waals surface area contributed by atoms with Gasteiger partial charge in [0.05, 0.1) is 13.2 Å². The van der Waals surface area contributed by atoms with Gasteiger partial charge in [0.1, 0.15) is 17.6 Å². The molecule has 1 aliphatic heterocycles. The summed E-state index contributed by atoms with van der Waals surface area (Å²) in [7, 11) is 0. The molecule has 142 valence electrons. The average molecular weight is 387 g/mol. The van der Waals surface area contributed by atoms with E-state index in [1.807, 2.05) is 24.3 Å². The molecule has 0 saturated carbocycles. The van der Waals surface area contributed by atoms with Crippen LogP contribution in [0.15, 0.2) is 24.3 Å². The summed E-state index contributed by atoms with van der Waals surface area (Å²) in [5, 5.41) is 12.8. The second-order valence-corrected chi connectivity index (χ2v) is 8.16. The van der Waals surface area contributed by atoms with E-state index in [9.17, 15) is 0 Å². The van der Waals surface area contributed by atoms with Crippen LogP contribution in [-0.2, 0) is 16.7 Å². The molecular formula is C19H23ClN6O. The number of nitrogens with one attached hydrogen (secondary N) is 1. The van der Waals surface area contributed by atoms with Crippen molar-refractivity contribution in [3.05, 3.63) is 46.4 Å². The first-order valence-electron chi connectivity index (χ1n) is 9.11. The molecule has 2 aromatic heterocycles. The number of ether oxygens (including phenoxy) is 1. The van der Waals surface area contributed by atoms with E-state index in [0.717, 1.165) is 23.6 Å². The largest absolute Gasteiger partial charge is 0.369 e. The lowest BCUT2D eigenvalue weighted by Gasteiger charge is -2.25. The number of benzene rings is 1. The third kappa shape index (κ3) is 3.67. The minimum atomic E-state index is -0.204. The molecule has 1 fully saturated rings. The van der Waals surface area contributed by atoms with Crippen molar-refractivity contribution >= 4 is 22.8 Å². The highest BCUT2D eigenvalue weighted by molar-refractivity contribution is 6.31. The van der Waals surface area contributed by atoms with Gasteiger partial charge in [-0.25, -0.2) is 14.6 Å². The van der Waals surface area contributed by atoms with Crippen LogP contribution in [0, 0.1) is 0 Å². The maximum absolute atomic E-state index is 6.33. The molecule has 1 aliphatic rings. The third-order valence-electron chi connectivity index (χ3n) is 4.57. The van der Waals surface area contributed by atoms with Crippen molar-refractivity contribution in [1.82, 2.24) is 30.3 Å². The van der Waals surface area contributed by atoms with Gasteiger partial charge in [-0.3, -0.25) is 0 Å². The smallest absolute Gasteiger partial charge is 0.182 e. The predicted molar refractivity (Wildman–Crippen MR) is 104 cm³/mol. The zero-order valence-electron chi connectivity index (χ0n) is 15.7. The van der Waals surface area contributed by atoms with Gasteiger partial charge in [0.15, 0.2) is 11.2 Å². The van der Waals surface area contributed by atoms with Crippen LogP contribution in [0.25, 0.3) is 11.2 Å². The SMILES string of the molecule is CC(C)(C)c1nc(C2CNCCO2)c2nnn(Cc3ccccc3Cl)c2n1. The van der Waals surface area contributed by atoms with Gasteiger partial charge < -0.3 is 10.1 Å². The van der Waals surface area contributed by atoms with Crippen molar-refractivity contribution in [2.24, 2.45) is 0 Å². The van der Waals surface area contributed by atoms with E-state index in [1.54, 1.807) is 4.68 Å². The summed E-state index contributed by atoms with van der Waals surface area (Å²) in [6, 6.07) is 7.73. The van der Waals surface area contributed by atoms with Gasteiger partial charge in [-0.1, -0.05) is 55.8 Å². The Morgan fingerprint density at radius 3 is 2.78 bits per heavy atom. The van der Waals surface area contributed by atoms with Crippen LogP contribution in [0.3, 0.4) is 0 Å². The number of hydrogen-bond donors (Lipinski definition) is 1. The Balaban J connectivity index is 1.83. The number of fused-ring (bicyclic) bond motifs is 1. The van der Waals surface area contributed by atoms with Gasteiger partial charge in [-0.2, -0.15) is 0 Å². The summed E-state index contributed by atoms with van der Waals surface area (Å²) in [5.41, 5.74) is 2.95. The van der Waals surface area contributed by atoms with Crippen LogP contribution in [0.1, 0.15) is 44.0 Å². The van der Waals surface area contributed by atoms with Crippen LogP contribution in [0.5, 0.6) is 0 Å². The quantitative estimate of drug-likeness (QED) is 0.745. The summed E-state index contributed by atoms with van der Waals surface area (Å²) in [6.07, 6.45) is -0.157. The standard InChI is InChI=1S/C19H23ClN6O/c1-19(2,3)18-22-15(14-10-21-8-9-27-14)16-17(23-18)26(25-24-16)11-12-6-4-5-7-13(12)20/h4-7,14,21H,8-11H2,1-3H3. The third-order valence-corrected chi connectivity index (χ3v) is 4.94. The van der Waals surface area contributed by atoms with Crippen LogP contribution in [0.4, 0.5) is 0 Å². The highest BCUT2D eigenvalue weighted by atomic mass is 35.5. The summed E-state index contributed by atoms with van der Waals surface area (Å²) >= 11 is 6.33. The summed E-state index contributed by atoms with van der Waals surface area (Å²) in [5.74, 6) is 0.752. The lowest BCUT2D eigenvalue weighted by atomic mass is 9.95. The molecule has 1 unspecified atom stereocenters. The Bertz CT molecular complexity index is 958. The normalized spacial score (nSPS) is 18.1. The first-order valence-corrected chi connectivity index (χ1v) is 9.48. The van der Waals surface area contributed by atoms with E-state index in [0.29, 0.717) is 35.9 Å². The van der Waals surface area contributed by atoms with E-state index in [4.69, 9.17) is 26.3 Å². The minimum Gasteiger partial charge on any atom is -0.369 e. The predicted octanol–water partition coefficient (Wildman–Crippen LogP) is 2.88.